The molecule has 0 aliphatic carbocycles. The first-order valence-corrected chi connectivity index (χ1v) is 8.28. The van der Waals surface area contributed by atoms with Gasteiger partial charge < -0.3 is 10.6 Å². The van der Waals surface area contributed by atoms with E-state index in [1.54, 1.807) is 42.5 Å². The molecule has 5 heteroatoms. The van der Waals surface area contributed by atoms with E-state index < -0.39 is 0 Å². The van der Waals surface area contributed by atoms with Gasteiger partial charge >= 0.3 is 0 Å². The van der Waals surface area contributed by atoms with E-state index in [-0.39, 0.29) is 17.4 Å². The van der Waals surface area contributed by atoms with Crippen molar-refractivity contribution >= 4 is 35.2 Å². The second-order valence-corrected chi connectivity index (χ2v) is 7.06. The van der Waals surface area contributed by atoms with Gasteiger partial charge in [-0.1, -0.05) is 35.9 Å². The molecule has 0 heterocycles. The van der Waals surface area contributed by atoms with Crippen LogP contribution in [0.4, 0.5) is 5.69 Å². The maximum Gasteiger partial charge on any atom is 0.253 e. The average Bonchev–Trinajstić information content (AvgIpc) is 2.53. The standard InChI is InChI=1S/C20H21ClN2O2/c1-20(2,3)23-19(25)16-6-4-5-7-17(16)22-18(24)13-10-14-8-11-15(21)12-9-14/h4-13H,1-3H3,(H,22,24)(H,23,25). The SMILES string of the molecule is CC(C)(C)NC(=O)c1ccccc1NC(=O)C=Cc1ccc(Cl)cc1. The zero-order chi connectivity index (χ0) is 18.4. The summed E-state index contributed by atoms with van der Waals surface area (Å²) in [6, 6.07) is 14.1. The summed E-state index contributed by atoms with van der Waals surface area (Å²) >= 11 is 5.83. The van der Waals surface area contributed by atoms with Crippen molar-refractivity contribution in [1.82, 2.24) is 5.32 Å². The average molecular weight is 357 g/mol. The molecule has 0 unspecified atom stereocenters. The molecule has 0 radical (unpaired) electrons. The Labute approximate surface area is 152 Å². The molecule has 0 saturated heterocycles. The Kier molecular flexibility index (Phi) is 5.99. The molecule has 0 atom stereocenters. The van der Waals surface area contributed by atoms with Gasteiger partial charge in [0, 0.05) is 16.6 Å². The minimum absolute atomic E-state index is 0.231. The summed E-state index contributed by atoms with van der Waals surface area (Å²) in [5.41, 5.74) is 1.39. The highest BCUT2D eigenvalue weighted by Gasteiger charge is 2.18. The highest BCUT2D eigenvalue weighted by molar-refractivity contribution is 6.30. The predicted octanol–water partition coefficient (Wildman–Crippen LogP) is 4.52. The van der Waals surface area contributed by atoms with Gasteiger partial charge in [-0.05, 0) is 56.7 Å². The lowest BCUT2D eigenvalue weighted by atomic mass is 10.1. The molecule has 2 rings (SSSR count). The number of benzene rings is 2. The molecule has 0 spiro atoms. The summed E-state index contributed by atoms with van der Waals surface area (Å²) in [6.45, 7) is 5.71. The van der Waals surface area contributed by atoms with Gasteiger partial charge in [0.2, 0.25) is 5.91 Å². The maximum absolute atomic E-state index is 12.4. The second-order valence-electron chi connectivity index (χ2n) is 6.62. The molecule has 0 saturated carbocycles. The number of hydrogen-bond donors (Lipinski definition) is 2. The number of anilines is 1. The molecule has 0 bridgehead atoms. The van der Waals surface area contributed by atoms with Crippen molar-refractivity contribution in [2.75, 3.05) is 5.32 Å². The third kappa shape index (κ3) is 6.08. The van der Waals surface area contributed by atoms with Gasteiger partial charge in [0.25, 0.3) is 5.91 Å². The second kappa shape index (κ2) is 7.99. The quantitative estimate of drug-likeness (QED) is 0.791. The fraction of sp³-hybridized carbons (Fsp3) is 0.200. The summed E-state index contributed by atoms with van der Waals surface area (Å²) in [6.07, 6.45) is 3.10. The van der Waals surface area contributed by atoms with Crippen molar-refractivity contribution in [2.45, 2.75) is 26.3 Å². The molecule has 2 N–H and O–H groups in total. The van der Waals surface area contributed by atoms with Gasteiger partial charge in [-0.25, -0.2) is 0 Å². The Morgan fingerprint density at radius 2 is 1.64 bits per heavy atom. The van der Waals surface area contributed by atoms with Crippen LogP contribution in [0.2, 0.25) is 5.02 Å². The number of para-hydroxylation sites is 1. The van der Waals surface area contributed by atoms with Crippen LogP contribution in [-0.2, 0) is 4.79 Å². The highest BCUT2D eigenvalue weighted by atomic mass is 35.5. The van der Waals surface area contributed by atoms with E-state index in [2.05, 4.69) is 10.6 Å². The minimum Gasteiger partial charge on any atom is -0.347 e. The number of hydrogen-bond acceptors (Lipinski definition) is 2. The topological polar surface area (TPSA) is 58.2 Å². The summed E-state index contributed by atoms with van der Waals surface area (Å²) in [4.78, 5) is 24.5. The van der Waals surface area contributed by atoms with E-state index >= 15 is 0 Å². The molecule has 0 aliphatic heterocycles. The smallest absolute Gasteiger partial charge is 0.253 e. The molecule has 0 aromatic heterocycles. The molecule has 130 valence electrons. The summed E-state index contributed by atoms with van der Waals surface area (Å²) in [7, 11) is 0. The van der Waals surface area contributed by atoms with Gasteiger partial charge in [0.05, 0.1) is 11.3 Å². The van der Waals surface area contributed by atoms with Crippen molar-refractivity contribution in [2.24, 2.45) is 0 Å². The molecular weight excluding hydrogens is 336 g/mol. The van der Waals surface area contributed by atoms with Crippen molar-refractivity contribution in [3.8, 4) is 0 Å². The monoisotopic (exact) mass is 356 g/mol. The van der Waals surface area contributed by atoms with Crippen LogP contribution in [0.1, 0.15) is 36.7 Å². The molecule has 25 heavy (non-hydrogen) atoms. The van der Waals surface area contributed by atoms with Crippen molar-refractivity contribution < 1.29 is 9.59 Å². The fourth-order valence-corrected chi connectivity index (χ4v) is 2.24. The van der Waals surface area contributed by atoms with Crippen LogP contribution in [0, 0.1) is 0 Å². The number of rotatable bonds is 4. The lowest BCUT2D eigenvalue weighted by molar-refractivity contribution is -0.111. The summed E-state index contributed by atoms with van der Waals surface area (Å²) in [5, 5.41) is 6.28. The Hall–Kier alpha value is -2.59. The lowest BCUT2D eigenvalue weighted by Crippen LogP contribution is -2.40. The molecule has 2 amide bonds. The highest BCUT2D eigenvalue weighted by Crippen LogP contribution is 2.17. The Bertz CT molecular complexity index is 790. The van der Waals surface area contributed by atoms with Gasteiger partial charge in [-0.2, -0.15) is 0 Å². The van der Waals surface area contributed by atoms with Gasteiger partial charge in [0.1, 0.15) is 0 Å². The lowest BCUT2D eigenvalue weighted by Gasteiger charge is -2.21. The maximum atomic E-state index is 12.4. The van der Waals surface area contributed by atoms with E-state index in [9.17, 15) is 9.59 Å². The summed E-state index contributed by atoms with van der Waals surface area (Å²) < 4.78 is 0. The minimum atomic E-state index is -0.358. The Morgan fingerprint density at radius 3 is 2.28 bits per heavy atom. The number of halogens is 1. The van der Waals surface area contributed by atoms with Crippen LogP contribution >= 0.6 is 11.6 Å². The van der Waals surface area contributed by atoms with E-state index in [0.717, 1.165) is 5.56 Å². The summed E-state index contributed by atoms with van der Waals surface area (Å²) in [5.74, 6) is -0.545. The van der Waals surface area contributed by atoms with E-state index in [1.807, 2.05) is 32.9 Å². The van der Waals surface area contributed by atoms with Crippen molar-refractivity contribution in [3.63, 3.8) is 0 Å². The van der Waals surface area contributed by atoms with E-state index in [1.165, 1.54) is 6.08 Å². The van der Waals surface area contributed by atoms with Crippen LogP contribution in [0.25, 0.3) is 6.08 Å². The van der Waals surface area contributed by atoms with E-state index in [4.69, 9.17) is 11.6 Å². The van der Waals surface area contributed by atoms with Crippen LogP contribution < -0.4 is 10.6 Å². The number of carbonyl (C=O) groups is 2. The van der Waals surface area contributed by atoms with Crippen molar-refractivity contribution in [3.05, 3.63) is 70.8 Å². The van der Waals surface area contributed by atoms with Crippen LogP contribution in [-0.4, -0.2) is 17.4 Å². The predicted molar refractivity (Wildman–Crippen MR) is 103 cm³/mol. The normalized spacial score (nSPS) is 11.4. The van der Waals surface area contributed by atoms with Crippen LogP contribution in [0.5, 0.6) is 0 Å². The van der Waals surface area contributed by atoms with E-state index in [0.29, 0.717) is 16.3 Å². The molecule has 2 aromatic rings. The van der Waals surface area contributed by atoms with Gasteiger partial charge in [-0.15, -0.1) is 0 Å². The zero-order valence-corrected chi connectivity index (χ0v) is 15.2. The largest absolute Gasteiger partial charge is 0.347 e. The first-order valence-electron chi connectivity index (χ1n) is 7.91. The molecule has 4 nitrogen and oxygen atoms in total. The third-order valence-electron chi connectivity index (χ3n) is 3.22. The number of amides is 2. The molecule has 0 aliphatic rings. The molecular formula is C20H21ClN2O2. The number of nitrogens with one attached hydrogen (secondary N) is 2. The van der Waals surface area contributed by atoms with Crippen molar-refractivity contribution in [1.29, 1.82) is 0 Å². The van der Waals surface area contributed by atoms with Crippen LogP contribution in [0.15, 0.2) is 54.6 Å². The molecule has 2 aromatic carbocycles. The van der Waals surface area contributed by atoms with Crippen LogP contribution in [0.3, 0.4) is 0 Å². The fourth-order valence-electron chi connectivity index (χ4n) is 2.12. The number of carbonyl (C=O) groups excluding carboxylic acids is 2. The van der Waals surface area contributed by atoms with Gasteiger partial charge in [-0.3, -0.25) is 9.59 Å². The Balaban J connectivity index is 2.10. The van der Waals surface area contributed by atoms with Gasteiger partial charge in [0.15, 0.2) is 0 Å². The Morgan fingerprint density at radius 1 is 1.00 bits per heavy atom. The molecule has 0 fully saturated rings. The first kappa shape index (κ1) is 18.7. The third-order valence-corrected chi connectivity index (χ3v) is 3.47. The first-order chi connectivity index (χ1) is 11.7. The zero-order valence-electron chi connectivity index (χ0n) is 14.5.